The molecule has 0 aliphatic carbocycles. The summed E-state index contributed by atoms with van der Waals surface area (Å²) in [6.07, 6.45) is 3.00. The van der Waals surface area contributed by atoms with Crippen LogP contribution in [0.5, 0.6) is 0 Å². The SMILES string of the molecule is NC(CCCc1ccccc1)c1ccc(F)cc1. The average Bonchev–Trinajstić information content (AvgIpc) is 2.40. The summed E-state index contributed by atoms with van der Waals surface area (Å²) in [5, 5.41) is 0. The molecule has 0 radical (unpaired) electrons. The lowest BCUT2D eigenvalue weighted by Crippen LogP contribution is -2.10. The van der Waals surface area contributed by atoms with Crippen LogP contribution in [-0.2, 0) is 6.42 Å². The normalized spacial score (nSPS) is 12.3. The molecule has 0 spiro atoms. The fraction of sp³-hybridized carbons (Fsp3) is 0.250. The summed E-state index contributed by atoms with van der Waals surface area (Å²) in [4.78, 5) is 0. The molecule has 0 heterocycles. The fourth-order valence-electron chi connectivity index (χ4n) is 2.05. The minimum Gasteiger partial charge on any atom is -0.324 e. The van der Waals surface area contributed by atoms with Gasteiger partial charge in [-0.1, -0.05) is 42.5 Å². The Kier molecular flexibility index (Phi) is 4.48. The summed E-state index contributed by atoms with van der Waals surface area (Å²) in [7, 11) is 0. The summed E-state index contributed by atoms with van der Waals surface area (Å²) in [5.74, 6) is -0.213. The van der Waals surface area contributed by atoms with Gasteiger partial charge < -0.3 is 5.73 Å². The molecule has 94 valence electrons. The standard InChI is InChI=1S/C16H18FN/c17-15-11-9-14(10-12-15)16(18)8-4-7-13-5-2-1-3-6-13/h1-3,5-6,9-12,16H,4,7-8,18H2. The molecular weight excluding hydrogens is 225 g/mol. The van der Waals surface area contributed by atoms with Crippen LogP contribution in [0.2, 0.25) is 0 Å². The van der Waals surface area contributed by atoms with Crippen molar-refractivity contribution in [3.8, 4) is 0 Å². The first kappa shape index (κ1) is 12.8. The second kappa shape index (κ2) is 6.31. The zero-order valence-electron chi connectivity index (χ0n) is 10.4. The molecule has 2 rings (SSSR count). The number of benzene rings is 2. The van der Waals surface area contributed by atoms with Gasteiger partial charge in [0.1, 0.15) is 5.82 Å². The van der Waals surface area contributed by atoms with Crippen molar-refractivity contribution in [2.24, 2.45) is 5.73 Å². The summed E-state index contributed by atoms with van der Waals surface area (Å²) in [6, 6.07) is 16.8. The molecule has 1 nitrogen and oxygen atoms in total. The zero-order chi connectivity index (χ0) is 12.8. The van der Waals surface area contributed by atoms with Crippen LogP contribution >= 0.6 is 0 Å². The van der Waals surface area contributed by atoms with Gasteiger partial charge in [-0.15, -0.1) is 0 Å². The number of hydrogen-bond acceptors (Lipinski definition) is 1. The molecule has 1 unspecified atom stereocenters. The van der Waals surface area contributed by atoms with Crippen LogP contribution in [0.25, 0.3) is 0 Å². The second-order valence-electron chi connectivity index (χ2n) is 4.54. The first-order valence-electron chi connectivity index (χ1n) is 6.30. The van der Waals surface area contributed by atoms with Crippen LogP contribution in [0.15, 0.2) is 54.6 Å². The minimum atomic E-state index is -0.213. The molecule has 2 heteroatoms. The van der Waals surface area contributed by atoms with Crippen LogP contribution in [0.1, 0.15) is 30.0 Å². The van der Waals surface area contributed by atoms with E-state index in [-0.39, 0.29) is 11.9 Å². The number of halogens is 1. The van der Waals surface area contributed by atoms with E-state index in [1.165, 1.54) is 17.7 Å². The molecule has 0 saturated carbocycles. The van der Waals surface area contributed by atoms with Gasteiger partial charge in [0.15, 0.2) is 0 Å². The molecule has 2 aromatic rings. The topological polar surface area (TPSA) is 26.0 Å². The van der Waals surface area contributed by atoms with Crippen LogP contribution in [0, 0.1) is 5.82 Å². The van der Waals surface area contributed by atoms with E-state index in [1.807, 2.05) is 6.07 Å². The highest BCUT2D eigenvalue weighted by molar-refractivity contribution is 5.19. The van der Waals surface area contributed by atoms with Crippen molar-refractivity contribution in [3.05, 3.63) is 71.5 Å². The van der Waals surface area contributed by atoms with E-state index in [4.69, 9.17) is 5.73 Å². The van der Waals surface area contributed by atoms with E-state index in [9.17, 15) is 4.39 Å². The number of hydrogen-bond donors (Lipinski definition) is 1. The molecular formula is C16H18FN. The number of rotatable bonds is 5. The van der Waals surface area contributed by atoms with Gasteiger partial charge in [0.2, 0.25) is 0 Å². The highest BCUT2D eigenvalue weighted by Crippen LogP contribution is 2.17. The van der Waals surface area contributed by atoms with Crippen LogP contribution < -0.4 is 5.73 Å². The van der Waals surface area contributed by atoms with Gasteiger partial charge in [0.25, 0.3) is 0 Å². The molecule has 0 fully saturated rings. The van der Waals surface area contributed by atoms with E-state index in [0.29, 0.717) is 0 Å². The fourth-order valence-corrected chi connectivity index (χ4v) is 2.05. The van der Waals surface area contributed by atoms with Crippen molar-refractivity contribution < 1.29 is 4.39 Å². The predicted octanol–water partition coefficient (Wildman–Crippen LogP) is 3.85. The van der Waals surface area contributed by atoms with Crippen molar-refractivity contribution in [2.45, 2.75) is 25.3 Å². The lowest BCUT2D eigenvalue weighted by Gasteiger charge is -2.11. The summed E-state index contributed by atoms with van der Waals surface area (Å²) in [5.41, 5.74) is 8.43. The third-order valence-electron chi connectivity index (χ3n) is 3.12. The Balaban J connectivity index is 1.81. The van der Waals surface area contributed by atoms with Gasteiger partial charge in [-0.2, -0.15) is 0 Å². The lowest BCUT2D eigenvalue weighted by atomic mass is 10.00. The van der Waals surface area contributed by atoms with Crippen LogP contribution in [0.4, 0.5) is 4.39 Å². The molecule has 2 N–H and O–H groups in total. The van der Waals surface area contributed by atoms with E-state index in [0.717, 1.165) is 24.8 Å². The monoisotopic (exact) mass is 243 g/mol. The molecule has 0 aliphatic rings. The Hall–Kier alpha value is -1.67. The molecule has 0 aliphatic heterocycles. The van der Waals surface area contributed by atoms with E-state index in [1.54, 1.807) is 12.1 Å². The Morgan fingerprint density at radius 1 is 0.944 bits per heavy atom. The van der Waals surface area contributed by atoms with E-state index >= 15 is 0 Å². The second-order valence-corrected chi connectivity index (χ2v) is 4.54. The Morgan fingerprint density at radius 3 is 2.28 bits per heavy atom. The Bertz CT molecular complexity index is 464. The Labute approximate surface area is 107 Å². The average molecular weight is 243 g/mol. The van der Waals surface area contributed by atoms with Crippen molar-refractivity contribution >= 4 is 0 Å². The maximum atomic E-state index is 12.8. The molecule has 0 bridgehead atoms. The van der Waals surface area contributed by atoms with Crippen LogP contribution in [0.3, 0.4) is 0 Å². The molecule has 1 atom stereocenters. The van der Waals surface area contributed by atoms with Gasteiger partial charge in [-0.25, -0.2) is 4.39 Å². The number of nitrogens with two attached hydrogens (primary N) is 1. The summed E-state index contributed by atoms with van der Waals surface area (Å²) < 4.78 is 12.8. The van der Waals surface area contributed by atoms with Crippen molar-refractivity contribution in [3.63, 3.8) is 0 Å². The molecule has 0 aromatic heterocycles. The minimum absolute atomic E-state index is 0.00527. The zero-order valence-corrected chi connectivity index (χ0v) is 10.4. The smallest absolute Gasteiger partial charge is 0.123 e. The van der Waals surface area contributed by atoms with Crippen LogP contribution in [-0.4, -0.2) is 0 Å². The highest BCUT2D eigenvalue weighted by atomic mass is 19.1. The highest BCUT2D eigenvalue weighted by Gasteiger charge is 2.05. The van der Waals surface area contributed by atoms with Gasteiger partial charge in [0, 0.05) is 6.04 Å². The predicted molar refractivity (Wildman–Crippen MR) is 72.7 cm³/mol. The largest absolute Gasteiger partial charge is 0.324 e. The number of aryl methyl sites for hydroxylation is 1. The van der Waals surface area contributed by atoms with Gasteiger partial charge in [-0.05, 0) is 42.5 Å². The summed E-state index contributed by atoms with van der Waals surface area (Å²) in [6.45, 7) is 0. The molecule has 0 amide bonds. The lowest BCUT2D eigenvalue weighted by molar-refractivity contribution is 0.603. The first-order valence-corrected chi connectivity index (χ1v) is 6.30. The van der Waals surface area contributed by atoms with E-state index < -0.39 is 0 Å². The van der Waals surface area contributed by atoms with Crippen molar-refractivity contribution in [1.82, 2.24) is 0 Å². The molecule has 2 aromatic carbocycles. The maximum Gasteiger partial charge on any atom is 0.123 e. The first-order chi connectivity index (χ1) is 8.75. The van der Waals surface area contributed by atoms with Gasteiger partial charge in [-0.3, -0.25) is 0 Å². The van der Waals surface area contributed by atoms with Gasteiger partial charge in [0.05, 0.1) is 0 Å². The molecule has 0 saturated heterocycles. The quantitative estimate of drug-likeness (QED) is 0.848. The van der Waals surface area contributed by atoms with Crippen molar-refractivity contribution in [2.75, 3.05) is 0 Å². The molecule has 18 heavy (non-hydrogen) atoms. The third-order valence-corrected chi connectivity index (χ3v) is 3.12. The van der Waals surface area contributed by atoms with Gasteiger partial charge >= 0.3 is 0 Å². The van der Waals surface area contributed by atoms with Crippen molar-refractivity contribution in [1.29, 1.82) is 0 Å². The third kappa shape index (κ3) is 3.67. The summed E-state index contributed by atoms with van der Waals surface area (Å²) >= 11 is 0. The van der Waals surface area contributed by atoms with E-state index in [2.05, 4.69) is 24.3 Å². The maximum absolute atomic E-state index is 12.8. The Morgan fingerprint density at radius 2 is 1.61 bits per heavy atom.